The van der Waals surface area contributed by atoms with Gasteiger partial charge in [-0.1, -0.05) is 29.8 Å². The zero-order valence-corrected chi connectivity index (χ0v) is 15.8. The molecule has 0 aromatic heterocycles. The van der Waals surface area contributed by atoms with Crippen molar-refractivity contribution in [1.29, 1.82) is 0 Å². The SMILES string of the molecule is Cc1ccc(NC(=O)[C@H](C)N2C(=O)[C@@H]3[C@H]4C=C[C@@H]([C@@H]5C[C@H]45)[C@@H]3C2=O)c(C)c1. The lowest BCUT2D eigenvalue weighted by Crippen LogP contribution is -2.46. The van der Waals surface area contributed by atoms with Crippen LogP contribution in [0.25, 0.3) is 0 Å². The first-order valence-electron chi connectivity index (χ1n) is 9.82. The number of carbonyl (C=O) groups excluding carboxylic acids is 3. The summed E-state index contributed by atoms with van der Waals surface area (Å²) in [7, 11) is 0. The third-order valence-electron chi connectivity index (χ3n) is 7.10. The number of benzene rings is 1. The Morgan fingerprint density at radius 2 is 1.67 bits per heavy atom. The van der Waals surface area contributed by atoms with Crippen molar-refractivity contribution in [2.45, 2.75) is 33.2 Å². The van der Waals surface area contributed by atoms with Crippen LogP contribution < -0.4 is 5.32 Å². The maximum Gasteiger partial charge on any atom is 0.247 e. The molecule has 1 aromatic rings. The van der Waals surface area contributed by atoms with Crippen molar-refractivity contribution in [3.05, 3.63) is 41.5 Å². The highest BCUT2D eigenvalue weighted by Gasteiger charge is 2.67. The van der Waals surface area contributed by atoms with Gasteiger partial charge in [-0.2, -0.15) is 0 Å². The topological polar surface area (TPSA) is 66.5 Å². The molecular formula is C22H24N2O3. The van der Waals surface area contributed by atoms with Crippen LogP contribution in [0.3, 0.4) is 0 Å². The number of allylic oxidation sites excluding steroid dienone is 2. The first-order chi connectivity index (χ1) is 12.9. The van der Waals surface area contributed by atoms with Gasteiger partial charge in [-0.25, -0.2) is 0 Å². The zero-order valence-electron chi connectivity index (χ0n) is 15.8. The van der Waals surface area contributed by atoms with E-state index in [2.05, 4.69) is 17.5 Å². The molecule has 140 valence electrons. The molecular weight excluding hydrogens is 340 g/mol. The van der Waals surface area contributed by atoms with Crippen LogP contribution in [0.15, 0.2) is 30.4 Å². The summed E-state index contributed by atoms with van der Waals surface area (Å²) >= 11 is 0. The van der Waals surface area contributed by atoms with Gasteiger partial charge in [-0.3, -0.25) is 19.3 Å². The average Bonchev–Trinajstić information content (AvgIpc) is 3.41. The molecule has 0 spiro atoms. The van der Waals surface area contributed by atoms with E-state index in [0.717, 1.165) is 23.2 Å². The van der Waals surface area contributed by atoms with Crippen LogP contribution in [0.5, 0.6) is 0 Å². The van der Waals surface area contributed by atoms with Crippen LogP contribution >= 0.6 is 0 Å². The van der Waals surface area contributed by atoms with Crippen molar-refractivity contribution >= 4 is 23.4 Å². The van der Waals surface area contributed by atoms with E-state index in [0.29, 0.717) is 11.8 Å². The molecule has 7 atom stereocenters. The molecule has 0 unspecified atom stereocenters. The second kappa shape index (κ2) is 5.54. The second-order valence-corrected chi connectivity index (χ2v) is 8.68. The number of carbonyl (C=O) groups is 3. The van der Waals surface area contributed by atoms with Crippen LogP contribution in [0.1, 0.15) is 24.5 Å². The quantitative estimate of drug-likeness (QED) is 0.662. The first kappa shape index (κ1) is 16.7. The Kier molecular flexibility index (Phi) is 3.43. The van der Waals surface area contributed by atoms with Crippen molar-refractivity contribution < 1.29 is 14.4 Å². The molecule has 3 fully saturated rings. The monoisotopic (exact) mass is 364 g/mol. The largest absolute Gasteiger partial charge is 0.324 e. The predicted molar refractivity (Wildman–Crippen MR) is 101 cm³/mol. The highest BCUT2D eigenvalue weighted by molar-refractivity contribution is 6.10. The molecule has 4 aliphatic carbocycles. The third-order valence-corrected chi connectivity index (χ3v) is 7.10. The summed E-state index contributed by atoms with van der Waals surface area (Å²) in [6.45, 7) is 5.59. The molecule has 27 heavy (non-hydrogen) atoms. The maximum atomic E-state index is 13.1. The van der Waals surface area contributed by atoms with Crippen molar-refractivity contribution in [3.63, 3.8) is 0 Å². The standard InChI is InChI=1S/C22H24N2O3/c1-10-4-7-17(11(2)8-10)23-20(25)12(3)24-21(26)18-13-5-6-14(16-9-15(13)16)19(18)22(24)27/h4-8,12-16,18-19H,9H2,1-3H3,(H,23,25)/t12-,13-,14-,15-,16+,18-,19+/m0/s1. The lowest BCUT2D eigenvalue weighted by molar-refractivity contribution is -0.146. The summed E-state index contributed by atoms with van der Waals surface area (Å²) < 4.78 is 0. The summed E-state index contributed by atoms with van der Waals surface area (Å²) in [5.41, 5.74) is 2.80. The number of aryl methyl sites for hydroxylation is 2. The van der Waals surface area contributed by atoms with E-state index in [1.807, 2.05) is 32.0 Å². The fourth-order valence-corrected chi connectivity index (χ4v) is 5.67. The van der Waals surface area contributed by atoms with Crippen molar-refractivity contribution in [2.75, 3.05) is 5.32 Å². The zero-order chi connectivity index (χ0) is 19.0. The van der Waals surface area contributed by atoms with Gasteiger partial charge in [-0.05, 0) is 62.5 Å². The molecule has 1 saturated heterocycles. The summed E-state index contributed by atoms with van der Waals surface area (Å²) in [6.07, 6.45) is 5.43. The van der Waals surface area contributed by atoms with E-state index >= 15 is 0 Å². The minimum Gasteiger partial charge on any atom is -0.324 e. The first-order valence-corrected chi connectivity index (χ1v) is 9.82. The van der Waals surface area contributed by atoms with Gasteiger partial charge in [0.2, 0.25) is 17.7 Å². The van der Waals surface area contributed by atoms with Gasteiger partial charge >= 0.3 is 0 Å². The summed E-state index contributed by atoms with van der Waals surface area (Å²) in [5, 5.41) is 2.89. The van der Waals surface area contributed by atoms with E-state index < -0.39 is 6.04 Å². The number of amides is 3. The highest BCUT2D eigenvalue weighted by atomic mass is 16.2. The summed E-state index contributed by atoms with van der Waals surface area (Å²) in [5.74, 6) is 0.362. The Balaban J connectivity index is 1.38. The fourth-order valence-electron chi connectivity index (χ4n) is 5.67. The smallest absolute Gasteiger partial charge is 0.247 e. The molecule has 1 heterocycles. The van der Waals surface area contributed by atoms with E-state index in [-0.39, 0.29) is 41.4 Å². The number of likely N-dealkylation sites (tertiary alicyclic amines) is 1. The molecule has 1 aliphatic heterocycles. The molecule has 5 aliphatic rings. The van der Waals surface area contributed by atoms with Gasteiger partial charge in [0, 0.05) is 5.69 Å². The van der Waals surface area contributed by atoms with Gasteiger partial charge in [0.15, 0.2) is 0 Å². The minimum absolute atomic E-state index is 0.155. The van der Waals surface area contributed by atoms with Crippen molar-refractivity contribution in [2.24, 2.45) is 35.5 Å². The maximum absolute atomic E-state index is 13.1. The molecule has 0 radical (unpaired) electrons. The van der Waals surface area contributed by atoms with Gasteiger partial charge in [0.1, 0.15) is 6.04 Å². The number of imide groups is 1. The molecule has 2 saturated carbocycles. The molecule has 2 bridgehead atoms. The highest BCUT2D eigenvalue weighted by Crippen LogP contribution is 2.65. The molecule has 5 heteroatoms. The number of anilines is 1. The lowest BCUT2D eigenvalue weighted by Gasteiger charge is -2.37. The minimum atomic E-state index is -0.799. The Hall–Kier alpha value is -2.43. The number of rotatable bonds is 3. The van der Waals surface area contributed by atoms with E-state index in [4.69, 9.17) is 0 Å². The van der Waals surface area contributed by atoms with Crippen LogP contribution in [-0.2, 0) is 14.4 Å². The van der Waals surface area contributed by atoms with Gasteiger partial charge in [-0.15, -0.1) is 0 Å². The van der Waals surface area contributed by atoms with Crippen LogP contribution in [-0.4, -0.2) is 28.7 Å². The number of nitrogens with one attached hydrogen (secondary N) is 1. The predicted octanol–water partition coefficient (Wildman–Crippen LogP) is 2.68. The molecule has 6 rings (SSSR count). The van der Waals surface area contributed by atoms with Crippen LogP contribution in [0.2, 0.25) is 0 Å². The van der Waals surface area contributed by atoms with Crippen LogP contribution in [0.4, 0.5) is 5.69 Å². The molecule has 5 nitrogen and oxygen atoms in total. The molecule has 3 amide bonds. The van der Waals surface area contributed by atoms with Gasteiger partial charge < -0.3 is 5.32 Å². The normalized spacial score (nSPS) is 36.5. The van der Waals surface area contributed by atoms with E-state index in [9.17, 15) is 14.4 Å². The lowest BCUT2D eigenvalue weighted by atomic mass is 9.63. The van der Waals surface area contributed by atoms with Crippen LogP contribution in [0, 0.1) is 49.4 Å². The Morgan fingerprint density at radius 3 is 2.22 bits per heavy atom. The third kappa shape index (κ3) is 2.27. The number of nitrogens with zero attached hydrogens (tertiary/aromatic N) is 1. The summed E-state index contributed by atoms with van der Waals surface area (Å²) in [6, 6.07) is 4.99. The number of hydrogen-bond donors (Lipinski definition) is 1. The van der Waals surface area contributed by atoms with Crippen molar-refractivity contribution in [1.82, 2.24) is 4.90 Å². The Morgan fingerprint density at radius 1 is 1.07 bits per heavy atom. The van der Waals surface area contributed by atoms with Crippen molar-refractivity contribution in [3.8, 4) is 0 Å². The van der Waals surface area contributed by atoms with Gasteiger partial charge in [0.25, 0.3) is 0 Å². The molecule has 1 N–H and O–H groups in total. The fraction of sp³-hybridized carbons (Fsp3) is 0.500. The Labute approximate surface area is 158 Å². The Bertz CT molecular complexity index is 869. The average molecular weight is 364 g/mol. The van der Waals surface area contributed by atoms with E-state index in [1.165, 1.54) is 4.90 Å². The number of hydrogen-bond acceptors (Lipinski definition) is 3. The second-order valence-electron chi connectivity index (χ2n) is 8.68. The summed E-state index contributed by atoms with van der Waals surface area (Å²) in [4.78, 5) is 40.3. The van der Waals surface area contributed by atoms with Gasteiger partial charge in [0.05, 0.1) is 11.8 Å². The van der Waals surface area contributed by atoms with E-state index in [1.54, 1.807) is 6.92 Å². The molecule has 1 aromatic carbocycles.